The molecular formula is C16H30N2. The van der Waals surface area contributed by atoms with Gasteiger partial charge in [-0.2, -0.15) is 0 Å². The van der Waals surface area contributed by atoms with Crippen LogP contribution in [0, 0.1) is 11.3 Å². The fraction of sp³-hybridized carbons (Fsp3) is 1.00. The van der Waals surface area contributed by atoms with Gasteiger partial charge >= 0.3 is 0 Å². The smallest absolute Gasteiger partial charge is 0.0108 e. The number of piperidine rings is 1. The van der Waals surface area contributed by atoms with Crippen molar-refractivity contribution in [3.05, 3.63) is 0 Å². The maximum Gasteiger partial charge on any atom is 0.0108 e. The standard InChI is InChI=1S/C16H30N2/c1-14(15-7-6-10-17-11-15)18-12-16(13-18)8-4-2-3-5-9-16/h14-15,17H,2-13H2,1H3. The number of rotatable bonds is 2. The fourth-order valence-corrected chi connectivity index (χ4v) is 4.49. The molecule has 2 unspecified atom stereocenters. The van der Waals surface area contributed by atoms with Crippen molar-refractivity contribution in [2.24, 2.45) is 11.3 Å². The summed E-state index contributed by atoms with van der Waals surface area (Å²) in [6, 6.07) is 0.812. The van der Waals surface area contributed by atoms with Gasteiger partial charge in [0.05, 0.1) is 0 Å². The van der Waals surface area contributed by atoms with E-state index in [2.05, 4.69) is 17.1 Å². The Kier molecular flexibility index (Phi) is 3.95. The SMILES string of the molecule is CC(C1CCCNC1)N1CC2(CCCCCC2)C1. The quantitative estimate of drug-likeness (QED) is 0.810. The first kappa shape index (κ1) is 12.9. The van der Waals surface area contributed by atoms with Crippen LogP contribution in [0.15, 0.2) is 0 Å². The molecule has 2 aliphatic heterocycles. The number of hydrogen-bond donors (Lipinski definition) is 1. The maximum atomic E-state index is 3.57. The summed E-state index contributed by atoms with van der Waals surface area (Å²) >= 11 is 0. The van der Waals surface area contributed by atoms with Crippen LogP contribution < -0.4 is 5.32 Å². The lowest BCUT2D eigenvalue weighted by molar-refractivity contribution is -0.0543. The summed E-state index contributed by atoms with van der Waals surface area (Å²) in [7, 11) is 0. The highest BCUT2D eigenvalue weighted by atomic mass is 15.2. The van der Waals surface area contributed by atoms with E-state index in [1.54, 1.807) is 0 Å². The van der Waals surface area contributed by atoms with E-state index in [1.165, 1.54) is 77.5 Å². The number of likely N-dealkylation sites (tertiary alicyclic amines) is 1. The molecule has 1 N–H and O–H groups in total. The molecule has 0 aromatic rings. The van der Waals surface area contributed by atoms with Crippen LogP contribution in [0.3, 0.4) is 0 Å². The van der Waals surface area contributed by atoms with Crippen LogP contribution in [0.5, 0.6) is 0 Å². The van der Waals surface area contributed by atoms with E-state index in [1.807, 2.05) is 0 Å². The zero-order valence-electron chi connectivity index (χ0n) is 12.1. The molecule has 0 aromatic heterocycles. The summed E-state index contributed by atoms with van der Waals surface area (Å²) in [6.07, 6.45) is 11.8. The van der Waals surface area contributed by atoms with E-state index in [4.69, 9.17) is 0 Å². The Bertz CT molecular complexity index is 254. The lowest BCUT2D eigenvalue weighted by Gasteiger charge is -2.54. The molecule has 1 aliphatic carbocycles. The molecule has 104 valence electrons. The molecule has 0 aromatic carbocycles. The van der Waals surface area contributed by atoms with Crippen molar-refractivity contribution in [3.8, 4) is 0 Å². The van der Waals surface area contributed by atoms with Crippen LogP contribution >= 0.6 is 0 Å². The van der Waals surface area contributed by atoms with Crippen molar-refractivity contribution in [2.75, 3.05) is 26.2 Å². The Morgan fingerprint density at radius 2 is 1.78 bits per heavy atom. The van der Waals surface area contributed by atoms with Gasteiger partial charge in [-0.3, -0.25) is 4.90 Å². The monoisotopic (exact) mass is 250 g/mol. The predicted octanol–water partition coefficient (Wildman–Crippen LogP) is 3.03. The average Bonchev–Trinajstić information content (AvgIpc) is 2.63. The lowest BCUT2D eigenvalue weighted by atomic mass is 9.72. The summed E-state index contributed by atoms with van der Waals surface area (Å²) in [6.45, 7) is 7.79. The van der Waals surface area contributed by atoms with Gasteiger partial charge in [0.1, 0.15) is 0 Å². The summed E-state index contributed by atoms with van der Waals surface area (Å²) in [4.78, 5) is 2.78. The van der Waals surface area contributed by atoms with Gasteiger partial charge in [0.15, 0.2) is 0 Å². The molecule has 1 spiro atoms. The topological polar surface area (TPSA) is 15.3 Å². The summed E-state index contributed by atoms with van der Waals surface area (Å²) in [5.41, 5.74) is 0.743. The zero-order chi connectivity index (χ0) is 12.4. The summed E-state index contributed by atoms with van der Waals surface area (Å²) in [5, 5.41) is 3.57. The fourth-order valence-electron chi connectivity index (χ4n) is 4.49. The van der Waals surface area contributed by atoms with Gasteiger partial charge < -0.3 is 5.32 Å². The molecule has 0 radical (unpaired) electrons. The van der Waals surface area contributed by atoms with Gasteiger partial charge in [-0.1, -0.05) is 25.7 Å². The van der Waals surface area contributed by atoms with Gasteiger partial charge in [-0.05, 0) is 57.0 Å². The van der Waals surface area contributed by atoms with Gasteiger partial charge in [0.25, 0.3) is 0 Å². The second-order valence-corrected chi connectivity index (χ2v) is 7.17. The first-order chi connectivity index (χ1) is 8.79. The Morgan fingerprint density at radius 3 is 2.39 bits per heavy atom. The second-order valence-electron chi connectivity index (χ2n) is 7.17. The first-order valence-electron chi connectivity index (χ1n) is 8.24. The second kappa shape index (κ2) is 5.50. The van der Waals surface area contributed by atoms with Crippen LogP contribution in [0.4, 0.5) is 0 Å². The van der Waals surface area contributed by atoms with Crippen molar-refractivity contribution < 1.29 is 0 Å². The van der Waals surface area contributed by atoms with E-state index in [0.29, 0.717) is 0 Å². The molecule has 2 saturated heterocycles. The van der Waals surface area contributed by atoms with Crippen molar-refractivity contribution in [1.29, 1.82) is 0 Å². The van der Waals surface area contributed by atoms with Crippen molar-refractivity contribution in [3.63, 3.8) is 0 Å². The molecule has 18 heavy (non-hydrogen) atoms. The minimum atomic E-state index is 0.743. The molecule has 3 aliphatic rings. The third-order valence-corrected chi connectivity index (χ3v) is 5.83. The highest BCUT2D eigenvalue weighted by Crippen LogP contribution is 2.44. The van der Waals surface area contributed by atoms with Crippen LogP contribution in [0.1, 0.15) is 58.3 Å². The summed E-state index contributed by atoms with van der Waals surface area (Å²) < 4.78 is 0. The number of hydrogen-bond acceptors (Lipinski definition) is 2. The van der Waals surface area contributed by atoms with Gasteiger partial charge in [0, 0.05) is 19.1 Å². The largest absolute Gasteiger partial charge is 0.316 e. The highest BCUT2D eigenvalue weighted by molar-refractivity contribution is 4.99. The highest BCUT2D eigenvalue weighted by Gasteiger charge is 2.45. The van der Waals surface area contributed by atoms with E-state index in [-0.39, 0.29) is 0 Å². The Labute approximate surface area is 113 Å². The maximum absolute atomic E-state index is 3.57. The first-order valence-corrected chi connectivity index (χ1v) is 8.24. The predicted molar refractivity (Wildman–Crippen MR) is 76.8 cm³/mol. The van der Waals surface area contributed by atoms with E-state index < -0.39 is 0 Å². The Morgan fingerprint density at radius 1 is 1.06 bits per heavy atom. The lowest BCUT2D eigenvalue weighted by Crippen LogP contribution is -2.61. The Hall–Kier alpha value is -0.0800. The van der Waals surface area contributed by atoms with E-state index in [0.717, 1.165) is 17.4 Å². The molecule has 3 rings (SSSR count). The third kappa shape index (κ3) is 2.60. The molecule has 0 amide bonds. The molecule has 2 atom stereocenters. The van der Waals surface area contributed by atoms with Crippen LogP contribution in [-0.4, -0.2) is 37.1 Å². The molecule has 2 heterocycles. The molecule has 1 saturated carbocycles. The molecule has 2 nitrogen and oxygen atoms in total. The minimum absolute atomic E-state index is 0.743. The van der Waals surface area contributed by atoms with Gasteiger partial charge in [0.2, 0.25) is 0 Å². The van der Waals surface area contributed by atoms with Crippen molar-refractivity contribution >= 4 is 0 Å². The minimum Gasteiger partial charge on any atom is -0.316 e. The van der Waals surface area contributed by atoms with E-state index >= 15 is 0 Å². The summed E-state index contributed by atoms with van der Waals surface area (Å²) in [5.74, 6) is 0.905. The number of nitrogens with one attached hydrogen (secondary N) is 1. The van der Waals surface area contributed by atoms with Crippen molar-refractivity contribution in [1.82, 2.24) is 10.2 Å². The Balaban J connectivity index is 1.50. The molecule has 3 fully saturated rings. The van der Waals surface area contributed by atoms with Crippen LogP contribution in [0.2, 0.25) is 0 Å². The molecular weight excluding hydrogens is 220 g/mol. The molecule has 2 heteroatoms. The normalized spacial score (nSPS) is 34.8. The van der Waals surface area contributed by atoms with Gasteiger partial charge in [-0.15, -0.1) is 0 Å². The van der Waals surface area contributed by atoms with Crippen LogP contribution in [0.25, 0.3) is 0 Å². The zero-order valence-corrected chi connectivity index (χ0v) is 12.1. The van der Waals surface area contributed by atoms with E-state index in [9.17, 15) is 0 Å². The number of nitrogens with zero attached hydrogens (tertiary/aromatic N) is 1. The molecule has 0 bridgehead atoms. The van der Waals surface area contributed by atoms with Crippen LogP contribution in [-0.2, 0) is 0 Å². The third-order valence-electron chi connectivity index (χ3n) is 5.83. The van der Waals surface area contributed by atoms with Gasteiger partial charge in [-0.25, -0.2) is 0 Å². The average molecular weight is 250 g/mol. The van der Waals surface area contributed by atoms with Crippen molar-refractivity contribution in [2.45, 2.75) is 64.3 Å².